The van der Waals surface area contributed by atoms with Crippen LogP contribution in [-0.2, 0) is 6.54 Å². The number of anilines is 2. The molecule has 2 aromatic rings. The summed E-state index contributed by atoms with van der Waals surface area (Å²) in [5.74, 6) is 0.938. The van der Waals surface area contributed by atoms with Gasteiger partial charge in [-0.1, -0.05) is 0 Å². The first-order chi connectivity index (χ1) is 12.1. The first-order valence-corrected chi connectivity index (χ1v) is 8.11. The highest BCUT2D eigenvalue weighted by Gasteiger charge is 2.13. The first-order valence-electron chi connectivity index (χ1n) is 8.11. The summed E-state index contributed by atoms with van der Waals surface area (Å²) < 4.78 is 0. The van der Waals surface area contributed by atoms with E-state index >= 15 is 0 Å². The Morgan fingerprint density at radius 3 is 2.60 bits per heavy atom. The van der Waals surface area contributed by atoms with Crippen molar-refractivity contribution in [2.75, 3.05) is 23.3 Å². The van der Waals surface area contributed by atoms with Crippen molar-refractivity contribution in [1.29, 1.82) is 0 Å². The summed E-state index contributed by atoms with van der Waals surface area (Å²) in [5, 5.41) is 16.0. The Balaban J connectivity index is 1.53. The highest BCUT2D eigenvalue weighted by atomic mass is 16.6. The van der Waals surface area contributed by atoms with Gasteiger partial charge in [-0.05, 0) is 42.7 Å². The van der Waals surface area contributed by atoms with Crippen LogP contribution >= 0.6 is 0 Å². The molecule has 1 aliphatic heterocycles. The molecule has 8 heteroatoms. The van der Waals surface area contributed by atoms with Crippen molar-refractivity contribution < 1.29 is 9.72 Å². The van der Waals surface area contributed by atoms with Crippen LogP contribution in [-0.4, -0.2) is 29.0 Å². The molecule has 0 spiro atoms. The molecule has 8 nitrogen and oxygen atoms in total. The molecule has 2 heterocycles. The van der Waals surface area contributed by atoms with E-state index in [9.17, 15) is 14.9 Å². The minimum atomic E-state index is -0.481. The molecule has 0 aliphatic carbocycles. The van der Waals surface area contributed by atoms with Crippen LogP contribution < -0.4 is 15.5 Å². The molecule has 2 amide bonds. The quantitative estimate of drug-likeness (QED) is 0.643. The highest BCUT2D eigenvalue weighted by molar-refractivity contribution is 5.89. The number of non-ortho nitro benzene ring substituents is 1. The van der Waals surface area contributed by atoms with Crippen LogP contribution in [0.1, 0.15) is 18.4 Å². The molecular formula is C17H19N5O3. The smallest absolute Gasteiger partial charge is 0.319 e. The van der Waals surface area contributed by atoms with E-state index in [0.29, 0.717) is 12.2 Å². The second-order valence-corrected chi connectivity index (χ2v) is 5.83. The van der Waals surface area contributed by atoms with E-state index in [4.69, 9.17) is 0 Å². The number of nitrogens with zero attached hydrogens (tertiary/aromatic N) is 3. The number of benzene rings is 1. The Labute approximate surface area is 145 Å². The van der Waals surface area contributed by atoms with E-state index in [-0.39, 0.29) is 11.7 Å². The number of nitrogens with one attached hydrogen (secondary N) is 2. The zero-order valence-corrected chi connectivity index (χ0v) is 13.6. The summed E-state index contributed by atoms with van der Waals surface area (Å²) in [6, 6.07) is 9.17. The maximum absolute atomic E-state index is 12.0. The molecular weight excluding hydrogens is 322 g/mol. The number of pyridine rings is 1. The summed E-state index contributed by atoms with van der Waals surface area (Å²) in [6.45, 7) is 2.41. The monoisotopic (exact) mass is 341 g/mol. The van der Waals surface area contributed by atoms with Gasteiger partial charge >= 0.3 is 6.03 Å². The van der Waals surface area contributed by atoms with Crippen LogP contribution in [0.25, 0.3) is 0 Å². The lowest BCUT2D eigenvalue weighted by Gasteiger charge is -2.17. The molecule has 0 bridgehead atoms. The summed E-state index contributed by atoms with van der Waals surface area (Å²) in [6.07, 6.45) is 4.11. The molecule has 130 valence electrons. The van der Waals surface area contributed by atoms with Crippen molar-refractivity contribution in [3.8, 4) is 0 Å². The molecule has 0 unspecified atom stereocenters. The van der Waals surface area contributed by atoms with Gasteiger partial charge in [0.1, 0.15) is 5.82 Å². The number of hydrogen-bond acceptors (Lipinski definition) is 5. The zero-order valence-electron chi connectivity index (χ0n) is 13.6. The second-order valence-electron chi connectivity index (χ2n) is 5.83. The molecule has 0 saturated carbocycles. The molecule has 1 saturated heterocycles. The lowest BCUT2D eigenvalue weighted by atomic mass is 10.2. The number of hydrogen-bond donors (Lipinski definition) is 2. The van der Waals surface area contributed by atoms with Gasteiger partial charge in [0.2, 0.25) is 0 Å². The summed E-state index contributed by atoms with van der Waals surface area (Å²) >= 11 is 0. The zero-order chi connectivity index (χ0) is 17.6. The fraction of sp³-hybridized carbons (Fsp3) is 0.294. The van der Waals surface area contributed by atoms with Gasteiger partial charge in [-0.2, -0.15) is 0 Å². The average molecular weight is 341 g/mol. The molecule has 3 rings (SSSR count). The van der Waals surface area contributed by atoms with E-state index in [1.165, 1.54) is 37.1 Å². The Morgan fingerprint density at radius 2 is 1.92 bits per heavy atom. The van der Waals surface area contributed by atoms with Crippen LogP contribution in [0.3, 0.4) is 0 Å². The highest BCUT2D eigenvalue weighted by Crippen LogP contribution is 2.18. The lowest BCUT2D eigenvalue weighted by Crippen LogP contribution is -2.28. The number of aromatic nitrogens is 1. The lowest BCUT2D eigenvalue weighted by molar-refractivity contribution is -0.384. The number of nitro benzene ring substituents is 1. The van der Waals surface area contributed by atoms with Crippen LogP contribution in [0, 0.1) is 10.1 Å². The largest absolute Gasteiger partial charge is 0.357 e. The topological polar surface area (TPSA) is 100 Å². The van der Waals surface area contributed by atoms with E-state index in [1.807, 2.05) is 12.1 Å². The molecule has 0 atom stereocenters. The Hall–Kier alpha value is -3.16. The molecule has 1 aromatic heterocycles. The third kappa shape index (κ3) is 4.43. The first kappa shape index (κ1) is 16.7. The predicted molar refractivity (Wildman–Crippen MR) is 94.6 cm³/mol. The molecule has 1 fully saturated rings. The predicted octanol–water partition coefficient (Wildman–Crippen LogP) is 2.91. The van der Waals surface area contributed by atoms with Crippen LogP contribution in [0.4, 0.5) is 22.0 Å². The number of nitro groups is 1. The van der Waals surface area contributed by atoms with Crippen molar-refractivity contribution in [3.63, 3.8) is 0 Å². The van der Waals surface area contributed by atoms with Gasteiger partial charge in [0.15, 0.2) is 0 Å². The minimum absolute atomic E-state index is 0.0165. The van der Waals surface area contributed by atoms with Gasteiger partial charge in [0.05, 0.1) is 4.92 Å². The van der Waals surface area contributed by atoms with Gasteiger partial charge < -0.3 is 15.5 Å². The summed E-state index contributed by atoms with van der Waals surface area (Å²) in [7, 11) is 0. The Bertz CT molecular complexity index is 757. The van der Waals surface area contributed by atoms with Gasteiger partial charge in [-0.25, -0.2) is 9.78 Å². The normalized spacial score (nSPS) is 13.5. The van der Waals surface area contributed by atoms with Crippen molar-refractivity contribution in [2.45, 2.75) is 19.4 Å². The average Bonchev–Trinajstić information content (AvgIpc) is 3.15. The molecule has 25 heavy (non-hydrogen) atoms. The number of carbonyl (C=O) groups is 1. The van der Waals surface area contributed by atoms with Gasteiger partial charge in [-0.15, -0.1) is 0 Å². The van der Waals surface area contributed by atoms with Gasteiger partial charge in [-0.3, -0.25) is 10.1 Å². The van der Waals surface area contributed by atoms with E-state index in [1.54, 1.807) is 6.20 Å². The fourth-order valence-corrected chi connectivity index (χ4v) is 2.71. The Morgan fingerprint density at radius 1 is 1.20 bits per heavy atom. The number of carbonyl (C=O) groups excluding carboxylic acids is 1. The molecule has 0 radical (unpaired) electrons. The number of rotatable bonds is 5. The summed E-state index contributed by atoms with van der Waals surface area (Å²) in [4.78, 5) is 28.7. The Kier molecular flexibility index (Phi) is 5.08. The fourth-order valence-electron chi connectivity index (χ4n) is 2.71. The minimum Gasteiger partial charge on any atom is -0.357 e. The third-order valence-electron chi connectivity index (χ3n) is 4.03. The van der Waals surface area contributed by atoms with Crippen molar-refractivity contribution in [3.05, 3.63) is 58.3 Å². The van der Waals surface area contributed by atoms with E-state index in [2.05, 4.69) is 20.5 Å². The summed E-state index contributed by atoms with van der Waals surface area (Å²) in [5.41, 5.74) is 1.45. The number of amides is 2. The van der Waals surface area contributed by atoms with E-state index < -0.39 is 4.92 Å². The van der Waals surface area contributed by atoms with Crippen LogP contribution in [0.15, 0.2) is 42.6 Å². The number of urea groups is 1. The van der Waals surface area contributed by atoms with Crippen LogP contribution in [0.5, 0.6) is 0 Å². The standard InChI is InChI=1S/C17H19N5O3/c23-17(20-14-3-5-15(6-4-14)22(24)25)19-12-13-7-8-18-16(11-13)21-9-1-2-10-21/h3-8,11H,1-2,9-10,12H2,(H2,19,20,23). The van der Waals surface area contributed by atoms with Gasteiger partial charge in [0.25, 0.3) is 5.69 Å². The van der Waals surface area contributed by atoms with Crippen LogP contribution in [0.2, 0.25) is 0 Å². The SMILES string of the molecule is O=C(NCc1ccnc(N2CCCC2)c1)Nc1ccc([N+](=O)[O-])cc1. The van der Waals surface area contributed by atoms with Crippen molar-refractivity contribution in [1.82, 2.24) is 10.3 Å². The van der Waals surface area contributed by atoms with E-state index in [0.717, 1.165) is 24.5 Å². The molecule has 1 aromatic carbocycles. The van der Waals surface area contributed by atoms with Gasteiger partial charge in [0, 0.05) is 43.7 Å². The maximum Gasteiger partial charge on any atom is 0.319 e. The molecule has 2 N–H and O–H groups in total. The third-order valence-corrected chi connectivity index (χ3v) is 4.03. The maximum atomic E-state index is 12.0. The van der Waals surface area contributed by atoms with Crippen molar-refractivity contribution >= 4 is 23.2 Å². The van der Waals surface area contributed by atoms with Crippen molar-refractivity contribution in [2.24, 2.45) is 0 Å². The second kappa shape index (κ2) is 7.61. The molecule has 1 aliphatic rings.